The predicted octanol–water partition coefficient (Wildman–Crippen LogP) is 3.74. The number of benzene rings is 2. The minimum Gasteiger partial charge on any atom is -0.497 e. The maximum absolute atomic E-state index is 12.1. The Morgan fingerprint density at radius 2 is 1.80 bits per heavy atom. The molecule has 0 bridgehead atoms. The molecule has 2 N–H and O–H groups in total. The van der Waals surface area contributed by atoms with Crippen molar-refractivity contribution in [2.75, 3.05) is 24.9 Å². The largest absolute Gasteiger partial charge is 0.497 e. The summed E-state index contributed by atoms with van der Waals surface area (Å²) in [7, 11) is 2.91. The molecule has 0 atom stereocenters. The van der Waals surface area contributed by atoms with Crippen LogP contribution in [0.5, 0.6) is 5.75 Å². The first-order valence-corrected chi connectivity index (χ1v) is 8.11. The third-order valence-electron chi connectivity index (χ3n) is 3.38. The summed E-state index contributed by atoms with van der Waals surface area (Å²) >= 11 is 1.35. The molecule has 0 aliphatic rings. The van der Waals surface area contributed by atoms with Crippen LogP contribution in [-0.4, -0.2) is 31.2 Å². The Kier molecular flexibility index (Phi) is 4.80. The van der Waals surface area contributed by atoms with Gasteiger partial charge in [-0.3, -0.25) is 5.32 Å². The van der Waals surface area contributed by atoms with Crippen LogP contribution in [0.1, 0.15) is 10.4 Å². The van der Waals surface area contributed by atoms with Crippen molar-refractivity contribution in [1.29, 1.82) is 0 Å². The Bertz CT molecular complexity index is 921. The molecule has 0 aliphatic heterocycles. The number of nitrogens with one attached hydrogen (secondary N) is 2. The van der Waals surface area contributed by atoms with Gasteiger partial charge in [0.2, 0.25) is 0 Å². The number of anilines is 2. The summed E-state index contributed by atoms with van der Waals surface area (Å²) in [6.07, 6.45) is 0. The summed E-state index contributed by atoms with van der Waals surface area (Å²) in [6.45, 7) is 0. The SMILES string of the molecule is COC(=O)c1ccc(NC(=O)Nc2nc3ccc(OC)cc3s2)cc1. The van der Waals surface area contributed by atoms with Gasteiger partial charge in [0.15, 0.2) is 5.13 Å². The molecule has 2 amide bonds. The lowest BCUT2D eigenvalue weighted by Gasteiger charge is -2.06. The van der Waals surface area contributed by atoms with E-state index in [1.165, 1.54) is 18.4 Å². The number of methoxy groups -OCH3 is 2. The second-order valence-corrected chi connectivity index (χ2v) is 6.03. The number of amides is 2. The standard InChI is InChI=1S/C17H15N3O4S/c1-23-12-7-8-13-14(9-12)25-17(19-13)20-16(22)18-11-5-3-10(4-6-11)15(21)24-2/h3-9H,1-2H3,(H2,18,19,20,22). The molecule has 0 radical (unpaired) electrons. The van der Waals surface area contributed by atoms with Gasteiger partial charge in [-0.15, -0.1) is 0 Å². The number of esters is 1. The van der Waals surface area contributed by atoms with Gasteiger partial charge < -0.3 is 14.8 Å². The van der Waals surface area contributed by atoms with Crippen LogP contribution in [0.15, 0.2) is 42.5 Å². The smallest absolute Gasteiger partial charge is 0.337 e. The van der Waals surface area contributed by atoms with Crippen molar-refractivity contribution < 1.29 is 19.1 Å². The zero-order chi connectivity index (χ0) is 17.8. The Labute approximate surface area is 147 Å². The van der Waals surface area contributed by atoms with Crippen molar-refractivity contribution >= 4 is 44.4 Å². The van der Waals surface area contributed by atoms with Crippen molar-refractivity contribution in [3.63, 3.8) is 0 Å². The molecule has 0 aliphatic carbocycles. The lowest BCUT2D eigenvalue weighted by atomic mass is 10.2. The predicted molar refractivity (Wildman–Crippen MR) is 96.6 cm³/mol. The van der Waals surface area contributed by atoms with E-state index in [9.17, 15) is 9.59 Å². The van der Waals surface area contributed by atoms with Gasteiger partial charge in [0.1, 0.15) is 5.75 Å². The molecule has 7 nitrogen and oxygen atoms in total. The Balaban J connectivity index is 1.67. The highest BCUT2D eigenvalue weighted by atomic mass is 32.1. The molecule has 128 valence electrons. The Morgan fingerprint density at radius 1 is 1.04 bits per heavy atom. The fraction of sp³-hybridized carbons (Fsp3) is 0.118. The molecule has 3 rings (SSSR count). The number of urea groups is 1. The molecule has 0 saturated heterocycles. The van der Waals surface area contributed by atoms with Crippen molar-refractivity contribution in [2.45, 2.75) is 0 Å². The Morgan fingerprint density at radius 3 is 2.48 bits per heavy atom. The van der Waals surface area contributed by atoms with Gasteiger partial charge in [0.05, 0.1) is 30.0 Å². The van der Waals surface area contributed by atoms with Gasteiger partial charge in [-0.05, 0) is 42.5 Å². The maximum atomic E-state index is 12.1. The summed E-state index contributed by atoms with van der Waals surface area (Å²) in [5.41, 5.74) is 1.74. The quantitative estimate of drug-likeness (QED) is 0.694. The molecule has 25 heavy (non-hydrogen) atoms. The number of thiazole rings is 1. The molecular formula is C17H15N3O4S. The first kappa shape index (κ1) is 16.7. The van der Waals surface area contributed by atoms with Crippen LogP contribution < -0.4 is 15.4 Å². The number of hydrogen-bond donors (Lipinski definition) is 2. The van der Waals surface area contributed by atoms with E-state index in [2.05, 4.69) is 20.4 Å². The van der Waals surface area contributed by atoms with E-state index in [1.54, 1.807) is 31.4 Å². The van der Waals surface area contributed by atoms with Gasteiger partial charge in [-0.25, -0.2) is 14.6 Å². The van der Waals surface area contributed by atoms with Crippen LogP contribution in [0.3, 0.4) is 0 Å². The van der Waals surface area contributed by atoms with Crippen LogP contribution in [-0.2, 0) is 4.74 Å². The molecule has 3 aromatic rings. The van der Waals surface area contributed by atoms with E-state index in [4.69, 9.17) is 4.74 Å². The van der Waals surface area contributed by atoms with E-state index in [0.717, 1.165) is 16.0 Å². The van der Waals surface area contributed by atoms with Crippen molar-refractivity contribution in [1.82, 2.24) is 4.98 Å². The molecule has 8 heteroatoms. The average Bonchev–Trinajstić information content (AvgIpc) is 3.02. The van der Waals surface area contributed by atoms with E-state index >= 15 is 0 Å². The third kappa shape index (κ3) is 3.86. The first-order chi connectivity index (χ1) is 12.1. The van der Waals surface area contributed by atoms with E-state index in [0.29, 0.717) is 16.4 Å². The van der Waals surface area contributed by atoms with Gasteiger partial charge in [0.25, 0.3) is 0 Å². The summed E-state index contributed by atoms with van der Waals surface area (Å²) in [4.78, 5) is 27.8. The zero-order valence-electron chi connectivity index (χ0n) is 13.5. The van der Waals surface area contributed by atoms with Crippen LogP contribution >= 0.6 is 11.3 Å². The minimum atomic E-state index is -0.430. The van der Waals surface area contributed by atoms with Crippen LogP contribution in [0.25, 0.3) is 10.2 Å². The number of carbonyl (C=O) groups is 2. The molecule has 0 unspecified atom stereocenters. The molecule has 0 spiro atoms. The normalized spacial score (nSPS) is 10.3. The monoisotopic (exact) mass is 357 g/mol. The fourth-order valence-electron chi connectivity index (χ4n) is 2.15. The molecule has 1 aromatic heterocycles. The van der Waals surface area contributed by atoms with Crippen molar-refractivity contribution in [3.8, 4) is 5.75 Å². The van der Waals surface area contributed by atoms with Crippen LogP contribution in [0.4, 0.5) is 15.6 Å². The third-order valence-corrected chi connectivity index (χ3v) is 4.31. The zero-order valence-corrected chi connectivity index (χ0v) is 14.3. The maximum Gasteiger partial charge on any atom is 0.337 e. The number of rotatable bonds is 4. The molecular weight excluding hydrogens is 342 g/mol. The number of hydrogen-bond acceptors (Lipinski definition) is 6. The van der Waals surface area contributed by atoms with Gasteiger partial charge >= 0.3 is 12.0 Å². The van der Waals surface area contributed by atoms with Crippen LogP contribution in [0, 0.1) is 0 Å². The lowest BCUT2D eigenvalue weighted by molar-refractivity contribution is 0.0601. The summed E-state index contributed by atoms with van der Waals surface area (Å²) < 4.78 is 10.7. The topological polar surface area (TPSA) is 89.5 Å². The minimum absolute atomic E-state index is 0.411. The van der Waals surface area contributed by atoms with Crippen molar-refractivity contribution in [2.24, 2.45) is 0 Å². The number of nitrogens with zero attached hydrogens (tertiary/aromatic N) is 1. The fourth-order valence-corrected chi connectivity index (χ4v) is 3.04. The first-order valence-electron chi connectivity index (χ1n) is 7.30. The average molecular weight is 357 g/mol. The summed E-state index contributed by atoms with van der Waals surface area (Å²) in [5, 5.41) is 5.85. The van der Waals surface area contributed by atoms with E-state index in [-0.39, 0.29) is 0 Å². The second-order valence-electron chi connectivity index (χ2n) is 5.00. The van der Waals surface area contributed by atoms with E-state index in [1.807, 2.05) is 18.2 Å². The lowest BCUT2D eigenvalue weighted by Crippen LogP contribution is -2.19. The number of carbonyl (C=O) groups excluding carboxylic acids is 2. The molecule has 0 fully saturated rings. The van der Waals surface area contributed by atoms with E-state index < -0.39 is 12.0 Å². The van der Waals surface area contributed by atoms with Gasteiger partial charge in [-0.1, -0.05) is 11.3 Å². The van der Waals surface area contributed by atoms with Crippen molar-refractivity contribution in [3.05, 3.63) is 48.0 Å². The Hall–Kier alpha value is -3.13. The highest BCUT2D eigenvalue weighted by Gasteiger charge is 2.10. The second kappa shape index (κ2) is 7.18. The van der Waals surface area contributed by atoms with Crippen LogP contribution in [0.2, 0.25) is 0 Å². The molecule has 2 aromatic carbocycles. The van der Waals surface area contributed by atoms with Gasteiger partial charge in [-0.2, -0.15) is 0 Å². The number of aromatic nitrogens is 1. The molecule has 1 heterocycles. The molecule has 0 saturated carbocycles. The number of fused-ring (bicyclic) bond motifs is 1. The van der Waals surface area contributed by atoms with Gasteiger partial charge in [0, 0.05) is 5.69 Å². The summed E-state index contributed by atoms with van der Waals surface area (Å²) in [6, 6.07) is 11.5. The number of ether oxygens (including phenoxy) is 2. The highest BCUT2D eigenvalue weighted by Crippen LogP contribution is 2.29. The highest BCUT2D eigenvalue weighted by molar-refractivity contribution is 7.22. The summed E-state index contributed by atoms with van der Waals surface area (Å²) in [5.74, 6) is 0.304.